The van der Waals surface area contributed by atoms with Crippen LogP contribution in [-0.2, 0) is 9.59 Å². The number of nitrogens with one attached hydrogen (secondary N) is 2. The van der Waals surface area contributed by atoms with Crippen LogP contribution in [0.25, 0.3) is 0 Å². The van der Waals surface area contributed by atoms with Gasteiger partial charge in [0.1, 0.15) is 5.75 Å². The third kappa shape index (κ3) is 3.85. The fourth-order valence-corrected chi connectivity index (χ4v) is 1.77. The van der Waals surface area contributed by atoms with Crippen molar-refractivity contribution < 1.29 is 14.3 Å². The number of hydrogen-bond acceptors (Lipinski definition) is 4. The first kappa shape index (κ1) is 16.3. The van der Waals surface area contributed by atoms with E-state index in [1.807, 2.05) is 0 Å². The van der Waals surface area contributed by atoms with Crippen molar-refractivity contribution in [3.63, 3.8) is 0 Å². The molecule has 0 saturated carbocycles. The van der Waals surface area contributed by atoms with Gasteiger partial charge < -0.3 is 21.1 Å². The summed E-state index contributed by atoms with van der Waals surface area (Å²) in [6, 6.07) is 5.15. The second-order valence-corrected chi connectivity index (χ2v) is 4.40. The van der Waals surface area contributed by atoms with Gasteiger partial charge in [-0.15, -0.1) is 12.4 Å². The Balaban J connectivity index is 0.00000200. The van der Waals surface area contributed by atoms with Crippen LogP contribution in [0.3, 0.4) is 0 Å². The monoisotopic (exact) mass is 299 g/mol. The molecule has 1 aliphatic rings. The van der Waals surface area contributed by atoms with Gasteiger partial charge in [0.15, 0.2) is 6.10 Å². The van der Waals surface area contributed by atoms with Gasteiger partial charge in [-0.1, -0.05) is 0 Å². The van der Waals surface area contributed by atoms with Gasteiger partial charge >= 0.3 is 0 Å². The molecular weight excluding hydrogens is 282 g/mol. The molecule has 1 heterocycles. The standard InChI is InChI=1S/C13H17N3O3.ClH/c1-8-13(18)16-10-7-9(4-5-11(10)19-8)15-12(17)3-2-6-14;/h4-5,7-8H,2-3,6,14H2,1H3,(H,15,17)(H,16,18);1H. The number of carbonyl (C=O) groups excluding carboxylic acids is 2. The number of hydrogen-bond donors (Lipinski definition) is 3. The molecule has 0 aromatic heterocycles. The summed E-state index contributed by atoms with van der Waals surface area (Å²) in [6.07, 6.45) is 0.527. The predicted octanol–water partition coefficient (Wildman–Crippen LogP) is 1.51. The summed E-state index contributed by atoms with van der Waals surface area (Å²) in [6.45, 7) is 2.17. The number of anilines is 2. The number of fused-ring (bicyclic) bond motifs is 1. The first-order valence-corrected chi connectivity index (χ1v) is 6.21. The lowest BCUT2D eigenvalue weighted by atomic mass is 10.2. The number of ether oxygens (including phenoxy) is 1. The van der Waals surface area contributed by atoms with Gasteiger partial charge in [0.2, 0.25) is 5.91 Å². The molecule has 0 bridgehead atoms. The maximum absolute atomic E-state index is 11.6. The zero-order valence-corrected chi connectivity index (χ0v) is 12.0. The predicted molar refractivity (Wildman–Crippen MR) is 79.3 cm³/mol. The average Bonchev–Trinajstić information content (AvgIpc) is 2.38. The van der Waals surface area contributed by atoms with Crippen LogP contribution in [0.4, 0.5) is 11.4 Å². The van der Waals surface area contributed by atoms with E-state index in [-0.39, 0.29) is 24.2 Å². The highest BCUT2D eigenvalue weighted by Gasteiger charge is 2.23. The van der Waals surface area contributed by atoms with Crippen LogP contribution in [-0.4, -0.2) is 24.5 Å². The molecule has 0 spiro atoms. The normalized spacial score (nSPS) is 16.3. The molecule has 1 unspecified atom stereocenters. The molecule has 1 aliphatic heterocycles. The van der Waals surface area contributed by atoms with Crippen molar-refractivity contribution in [1.29, 1.82) is 0 Å². The summed E-state index contributed by atoms with van der Waals surface area (Å²) in [5.41, 5.74) is 6.54. The number of nitrogens with two attached hydrogens (primary N) is 1. The summed E-state index contributed by atoms with van der Waals surface area (Å²) in [7, 11) is 0. The van der Waals surface area contributed by atoms with Crippen LogP contribution in [0, 0.1) is 0 Å². The van der Waals surface area contributed by atoms with Gasteiger partial charge in [-0.3, -0.25) is 9.59 Å². The van der Waals surface area contributed by atoms with Crippen molar-refractivity contribution >= 4 is 35.6 Å². The largest absolute Gasteiger partial charge is 0.479 e. The maximum Gasteiger partial charge on any atom is 0.265 e. The van der Waals surface area contributed by atoms with Gasteiger partial charge in [0, 0.05) is 12.1 Å². The van der Waals surface area contributed by atoms with E-state index in [1.54, 1.807) is 25.1 Å². The van der Waals surface area contributed by atoms with E-state index in [0.717, 1.165) is 0 Å². The fourth-order valence-electron chi connectivity index (χ4n) is 1.77. The van der Waals surface area contributed by atoms with Crippen LogP contribution in [0.2, 0.25) is 0 Å². The maximum atomic E-state index is 11.6. The Kier molecular flexibility index (Phi) is 5.79. The number of carbonyl (C=O) groups is 2. The smallest absolute Gasteiger partial charge is 0.265 e. The molecule has 6 nitrogen and oxygen atoms in total. The highest BCUT2D eigenvalue weighted by molar-refractivity contribution is 5.99. The molecule has 0 fully saturated rings. The molecule has 20 heavy (non-hydrogen) atoms. The molecule has 0 radical (unpaired) electrons. The van der Waals surface area contributed by atoms with Crippen LogP contribution in [0.15, 0.2) is 18.2 Å². The van der Waals surface area contributed by atoms with Crippen molar-refractivity contribution in [3.8, 4) is 5.75 Å². The zero-order valence-electron chi connectivity index (χ0n) is 11.1. The Morgan fingerprint density at radius 1 is 1.50 bits per heavy atom. The van der Waals surface area contributed by atoms with Gasteiger partial charge in [-0.25, -0.2) is 0 Å². The molecular formula is C13H18ClN3O3. The van der Waals surface area contributed by atoms with E-state index in [4.69, 9.17) is 10.5 Å². The summed E-state index contributed by atoms with van der Waals surface area (Å²) < 4.78 is 5.43. The van der Waals surface area contributed by atoms with Crippen molar-refractivity contribution in [2.24, 2.45) is 5.73 Å². The van der Waals surface area contributed by atoms with Gasteiger partial charge in [-0.05, 0) is 38.1 Å². The van der Waals surface area contributed by atoms with Crippen molar-refractivity contribution in [2.45, 2.75) is 25.9 Å². The minimum Gasteiger partial charge on any atom is -0.479 e. The summed E-state index contributed by atoms with van der Waals surface area (Å²) in [4.78, 5) is 23.1. The zero-order chi connectivity index (χ0) is 13.8. The van der Waals surface area contributed by atoms with E-state index in [2.05, 4.69) is 10.6 Å². The lowest BCUT2D eigenvalue weighted by Gasteiger charge is -2.23. The van der Waals surface area contributed by atoms with Crippen LogP contribution in [0.5, 0.6) is 5.75 Å². The second kappa shape index (κ2) is 7.12. The number of benzene rings is 1. The minimum atomic E-state index is -0.502. The number of rotatable bonds is 4. The SMILES string of the molecule is CC1Oc2ccc(NC(=O)CCCN)cc2NC1=O.Cl. The Hall–Kier alpha value is -1.79. The molecule has 2 rings (SSSR count). The van der Waals surface area contributed by atoms with Gasteiger partial charge in [-0.2, -0.15) is 0 Å². The van der Waals surface area contributed by atoms with Gasteiger partial charge in [0.25, 0.3) is 5.91 Å². The molecule has 2 amide bonds. The van der Waals surface area contributed by atoms with Crippen LogP contribution in [0.1, 0.15) is 19.8 Å². The van der Waals surface area contributed by atoms with E-state index in [9.17, 15) is 9.59 Å². The van der Waals surface area contributed by atoms with Crippen LogP contribution >= 0.6 is 12.4 Å². The first-order valence-electron chi connectivity index (χ1n) is 6.21. The number of halogens is 1. The molecule has 1 aromatic carbocycles. The third-order valence-corrected chi connectivity index (χ3v) is 2.80. The minimum absolute atomic E-state index is 0. The van der Waals surface area contributed by atoms with E-state index < -0.39 is 6.10 Å². The molecule has 110 valence electrons. The summed E-state index contributed by atoms with van der Waals surface area (Å²) in [5, 5.41) is 5.48. The average molecular weight is 300 g/mol. The second-order valence-electron chi connectivity index (χ2n) is 4.40. The molecule has 4 N–H and O–H groups in total. The van der Waals surface area contributed by atoms with E-state index >= 15 is 0 Å². The summed E-state index contributed by atoms with van der Waals surface area (Å²) in [5.74, 6) is 0.313. The lowest BCUT2D eigenvalue weighted by Crippen LogP contribution is -2.34. The third-order valence-electron chi connectivity index (χ3n) is 2.80. The van der Waals surface area contributed by atoms with E-state index in [0.29, 0.717) is 36.5 Å². The molecule has 0 aliphatic carbocycles. The summed E-state index contributed by atoms with van der Waals surface area (Å²) >= 11 is 0. The molecule has 1 aromatic rings. The molecule has 7 heteroatoms. The number of amides is 2. The Labute approximate surface area is 123 Å². The molecule has 0 saturated heterocycles. The molecule has 1 atom stereocenters. The Bertz CT molecular complexity index is 508. The van der Waals surface area contributed by atoms with Crippen LogP contribution < -0.4 is 21.1 Å². The lowest BCUT2D eigenvalue weighted by molar-refractivity contribution is -0.122. The quantitative estimate of drug-likeness (QED) is 0.785. The Morgan fingerprint density at radius 3 is 2.95 bits per heavy atom. The Morgan fingerprint density at radius 2 is 2.25 bits per heavy atom. The topological polar surface area (TPSA) is 93.4 Å². The highest BCUT2D eigenvalue weighted by Crippen LogP contribution is 2.32. The fraction of sp³-hybridized carbons (Fsp3) is 0.385. The first-order chi connectivity index (χ1) is 9.10. The van der Waals surface area contributed by atoms with E-state index in [1.165, 1.54) is 0 Å². The highest BCUT2D eigenvalue weighted by atomic mass is 35.5. The van der Waals surface area contributed by atoms with Gasteiger partial charge in [0.05, 0.1) is 5.69 Å². The van der Waals surface area contributed by atoms with Crippen molar-refractivity contribution in [1.82, 2.24) is 0 Å². The van der Waals surface area contributed by atoms with Crippen molar-refractivity contribution in [3.05, 3.63) is 18.2 Å². The van der Waals surface area contributed by atoms with Crippen molar-refractivity contribution in [2.75, 3.05) is 17.2 Å².